The molecule has 0 radical (unpaired) electrons. The normalized spacial score (nSPS) is 10.8. The van der Waals surface area contributed by atoms with Gasteiger partial charge in [-0.15, -0.1) is 0 Å². The van der Waals surface area contributed by atoms with Gasteiger partial charge in [-0.3, -0.25) is 0 Å². The number of aliphatic hydroxyl groups is 1. The Morgan fingerprint density at radius 2 is 2.25 bits per heavy atom. The van der Waals surface area contributed by atoms with Crippen LogP contribution in [0.15, 0.2) is 22.7 Å². The molecule has 0 atom stereocenters. The van der Waals surface area contributed by atoms with Gasteiger partial charge in [0.15, 0.2) is 5.58 Å². The summed E-state index contributed by atoms with van der Waals surface area (Å²) in [4.78, 5) is 0. The maximum Gasteiger partial charge on any atom is 0.167 e. The van der Waals surface area contributed by atoms with E-state index in [4.69, 9.17) is 14.7 Å². The van der Waals surface area contributed by atoms with E-state index in [-0.39, 0.29) is 12.4 Å². The predicted octanol–water partition coefficient (Wildman–Crippen LogP) is 1.03. The molecule has 0 unspecified atom stereocenters. The summed E-state index contributed by atoms with van der Waals surface area (Å²) >= 11 is 0. The maximum absolute atomic E-state index is 9.12. The second-order valence-electron chi connectivity index (χ2n) is 2.47. The van der Waals surface area contributed by atoms with Crippen molar-refractivity contribution in [2.75, 3.05) is 0 Å². The third-order valence-corrected chi connectivity index (χ3v) is 1.68. The Balaban J connectivity index is 2.75. The molecule has 2 rings (SSSR count). The SMILES string of the molecule is OCc1noc2ccc(O)cc12. The molecule has 2 aromatic rings. The highest BCUT2D eigenvalue weighted by Crippen LogP contribution is 2.22. The van der Waals surface area contributed by atoms with Crippen LogP contribution in [0.25, 0.3) is 11.0 Å². The standard InChI is InChI=1S/C8H7NO3/c10-4-7-6-3-5(11)1-2-8(6)12-9-7/h1-3,10-11H,4H2. The Hall–Kier alpha value is -1.55. The number of rotatable bonds is 1. The van der Waals surface area contributed by atoms with E-state index in [1.54, 1.807) is 6.07 Å². The van der Waals surface area contributed by atoms with Crippen LogP contribution in [-0.2, 0) is 6.61 Å². The van der Waals surface area contributed by atoms with E-state index in [9.17, 15) is 0 Å². The van der Waals surface area contributed by atoms with Crippen LogP contribution in [0.3, 0.4) is 0 Å². The molecule has 0 saturated heterocycles. The zero-order valence-electron chi connectivity index (χ0n) is 6.19. The second-order valence-corrected chi connectivity index (χ2v) is 2.47. The van der Waals surface area contributed by atoms with E-state index in [0.717, 1.165) is 0 Å². The van der Waals surface area contributed by atoms with Crippen LogP contribution in [-0.4, -0.2) is 15.4 Å². The molecular weight excluding hydrogens is 158 g/mol. The summed E-state index contributed by atoms with van der Waals surface area (Å²) in [7, 11) is 0. The van der Waals surface area contributed by atoms with Crippen molar-refractivity contribution in [3.8, 4) is 5.75 Å². The number of fused-ring (bicyclic) bond motifs is 1. The lowest BCUT2D eigenvalue weighted by Crippen LogP contribution is -1.81. The monoisotopic (exact) mass is 165 g/mol. The van der Waals surface area contributed by atoms with E-state index in [0.29, 0.717) is 16.7 Å². The molecule has 2 N–H and O–H groups in total. The molecule has 4 nitrogen and oxygen atoms in total. The van der Waals surface area contributed by atoms with Gasteiger partial charge in [0.2, 0.25) is 0 Å². The van der Waals surface area contributed by atoms with Gasteiger partial charge in [0.25, 0.3) is 0 Å². The first kappa shape index (κ1) is 7.12. The number of benzene rings is 1. The fourth-order valence-corrected chi connectivity index (χ4v) is 1.09. The third-order valence-electron chi connectivity index (χ3n) is 1.68. The molecule has 0 aliphatic rings. The van der Waals surface area contributed by atoms with Crippen molar-refractivity contribution < 1.29 is 14.7 Å². The number of phenols is 1. The van der Waals surface area contributed by atoms with Gasteiger partial charge in [0, 0.05) is 0 Å². The van der Waals surface area contributed by atoms with Crippen molar-refractivity contribution in [3.05, 3.63) is 23.9 Å². The summed E-state index contributed by atoms with van der Waals surface area (Å²) in [5, 5.41) is 22.2. The smallest absolute Gasteiger partial charge is 0.167 e. The van der Waals surface area contributed by atoms with Gasteiger partial charge in [-0.05, 0) is 18.2 Å². The molecule has 0 fully saturated rings. The molecule has 1 aromatic heterocycles. The summed E-state index contributed by atoms with van der Waals surface area (Å²) in [6.07, 6.45) is 0. The first-order valence-electron chi connectivity index (χ1n) is 3.49. The highest BCUT2D eigenvalue weighted by molar-refractivity contribution is 5.80. The lowest BCUT2D eigenvalue weighted by atomic mass is 10.2. The molecule has 4 heteroatoms. The zero-order valence-corrected chi connectivity index (χ0v) is 6.19. The van der Waals surface area contributed by atoms with Crippen LogP contribution in [0.1, 0.15) is 5.69 Å². The summed E-state index contributed by atoms with van der Waals surface area (Å²) < 4.78 is 4.87. The van der Waals surface area contributed by atoms with Crippen LogP contribution in [0, 0.1) is 0 Å². The van der Waals surface area contributed by atoms with E-state index in [1.165, 1.54) is 12.1 Å². The number of aromatic nitrogens is 1. The Morgan fingerprint density at radius 3 is 3.00 bits per heavy atom. The highest BCUT2D eigenvalue weighted by Gasteiger charge is 2.06. The first-order chi connectivity index (χ1) is 5.81. The van der Waals surface area contributed by atoms with Crippen molar-refractivity contribution in [3.63, 3.8) is 0 Å². The highest BCUT2D eigenvalue weighted by atomic mass is 16.5. The lowest BCUT2D eigenvalue weighted by Gasteiger charge is -1.90. The minimum atomic E-state index is -0.184. The summed E-state index contributed by atoms with van der Waals surface area (Å²) in [5.74, 6) is 0.139. The van der Waals surface area contributed by atoms with Crippen molar-refractivity contribution >= 4 is 11.0 Å². The van der Waals surface area contributed by atoms with Gasteiger partial charge < -0.3 is 14.7 Å². The van der Waals surface area contributed by atoms with E-state index in [1.807, 2.05) is 0 Å². The zero-order chi connectivity index (χ0) is 8.55. The number of hydrogen-bond acceptors (Lipinski definition) is 4. The van der Waals surface area contributed by atoms with Crippen LogP contribution in [0.4, 0.5) is 0 Å². The van der Waals surface area contributed by atoms with Crippen LogP contribution in [0.5, 0.6) is 5.75 Å². The summed E-state index contributed by atoms with van der Waals surface area (Å²) in [6, 6.07) is 4.63. The summed E-state index contributed by atoms with van der Waals surface area (Å²) in [6.45, 7) is -0.184. The van der Waals surface area contributed by atoms with Gasteiger partial charge in [0.1, 0.15) is 11.4 Å². The molecule has 12 heavy (non-hydrogen) atoms. The fourth-order valence-electron chi connectivity index (χ4n) is 1.09. The second kappa shape index (κ2) is 2.49. The van der Waals surface area contributed by atoms with Crippen LogP contribution < -0.4 is 0 Å². The molecule has 62 valence electrons. The van der Waals surface area contributed by atoms with Gasteiger partial charge >= 0.3 is 0 Å². The maximum atomic E-state index is 9.12. The molecule has 1 heterocycles. The van der Waals surface area contributed by atoms with E-state index < -0.39 is 0 Å². The largest absolute Gasteiger partial charge is 0.508 e. The minimum Gasteiger partial charge on any atom is -0.508 e. The molecule has 1 aromatic carbocycles. The molecule has 0 amide bonds. The molecular formula is C8H7NO3. The van der Waals surface area contributed by atoms with Crippen molar-refractivity contribution in [1.82, 2.24) is 5.16 Å². The third kappa shape index (κ3) is 0.931. The number of hydrogen-bond donors (Lipinski definition) is 2. The number of phenolic OH excluding ortho intramolecular Hbond substituents is 1. The molecule has 0 saturated carbocycles. The van der Waals surface area contributed by atoms with Crippen LogP contribution in [0.2, 0.25) is 0 Å². The van der Waals surface area contributed by atoms with Gasteiger partial charge in [-0.2, -0.15) is 0 Å². The Morgan fingerprint density at radius 1 is 1.42 bits per heavy atom. The predicted molar refractivity (Wildman–Crippen MR) is 41.6 cm³/mol. The minimum absolute atomic E-state index is 0.139. The van der Waals surface area contributed by atoms with Crippen molar-refractivity contribution in [1.29, 1.82) is 0 Å². The molecule has 0 aliphatic heterocycles. The first-order valence-corrected chi connectivity index (χ1v) is 3.49. The Bertz CT molecular complexity index is 408. The number of aromatic hydroxyl groups is 1. The topological polar surface area (TPSA) is 66.5 Å². The molecule has 0 spiro atoms. The fraction of sp³-hybridized carbons (Fsp3) is 0.125. The van der Waals surface area contributed by atoms with Crippen LogP contribution >= 0.6 is 0 Å². The van der Waals surface area contributed by atoms with Crippen molar-refractivity contribution in [2.24, 2.45) is 0 Å². The Labute approximate surface area is 68.0 Å². The van der Waals surface area contributed by atoms with E-state index >= 15 is 0 Å². The quantitative estimate of drug-likeness (QED) is 0.662. The molecule has 0 bridgehead atoms. The number of aliphatic hydroxyl groups excluding tert-OH is 1. The van der Waals surface area contributed by atoms with E-state index in [2.05, 4.69) is 5.16 Å². The average molecular weight is 165 g/mol. The summed E-state index contributed by atoms with van der Waals surface area (Å²) in [5.41, 5.74) is 1.01. The van der Waals surface area contributed by atoms with Crippen molar-refractivity contribution in [2.45, 2.75) is 6.61 Å². The van der Waals surface area contributed by atoms with Gasteiger partial charge in [-0.1, -0.05) is 5.16 Å². The lowest BCUT2D eigenvalue weighted by molar-refractivity contribution is 0.269. The number of nitrogens with zero attached hydrogens (tertiary/aromatic N) is 1. The average Bonchev–Trinajstić information content (AvgIpc) is 2.46. The molecule has 0 aliphatic carbocycles. The van der Waals surface area contributed by atoms with Gasteiger partial charge in [0.05, 0.1) is 12.0 Å². The van der Waals surface area contributed by atoms with Gasteiger partial charge in [-0.25, -0.2) is 0 Å². The Kier molecular flexibility index (Phi) is 1.48.